The highest BCUT2D eigenvalue weighted by molar-refractivity contribution is 8.00. The van der Waals surface area contributed by atoms with E-state index in [-0.39, 0.29) is 11.1 Å². The summed E-state index contributed by atoms with van der Waals surface area (Å²) >= 11 is 2.39. The van der Waals surface area contributed by atoms with Gasteiger partial charge in [0.05, 0.1) is 17.9 Å². The van der Waals surface area contributed by atoms with Crippen molar-refractivity contribution in [3.63, 3.8) is 0 Å². The number of carbonyl (C=O) groups is 2. The Bertz CT molecular complexity index is 1450. The molecule has 0 saturated carbocycles. The van der Waals surface area contributed by atoms with Crippen molar-refractivity contribution in [2.24, 2.45) is 0 Å². The van der Waals surface area contributed by atoms with Crippen LogP contribution < -0.4 is 21.0 Å². The molecule has 0 bridgehead atoms. The fourth-order valence-electron chi connectivity index (χ4n) is 3.46. The van der Waals surface area contributed by atoms with Crippen LogP contribution in [0.1, 0.15) is 34.8 Å². The molecule has 36 heavy (non-hydrogen) atoms. The zero-order chi connectivity index (χ0) is 25.7. The van der Waals surface area contributed by atoms with Gasteiger partial charge in [0.25, 0.3) is 11.5 Å². The van der Waals surface area contributed by atoms with E-state index >= 15 is 0 Å². The maximum Gasteiger partial charge on any atom is 0.291 e. The van der Waals surface area contributed by atoms with Gasteiger partial charge in [-0.15, -0.1) is 11.3 Å². The highest BCUT2D eigenvalue weighted by Crippen LogP contribution is 2.26. The third kappa shape index (κ3) is 5.77. The predicted octanol–water partition coefficient (Wildman–Crippen LogP) is 4.35. The topological polar surface area (TPSA) is 102 Å². The monoisotopic (exact) mass is 522 g/mol. The van der Waals surface area contributed by atoms with Crippen molar-refractivity contribution in [3.8, 4) is 5.75 Å². The van der Waals surface area contributed by atoms with Gasteiger partial charge in [-0.3, -0.25) is 19.8 Å². The van der Waals surface area contributed by atoms with Crippen molar-refractivity contribution in [2.45, 2.75) is 37.2 Å². The van der Waals surface area contributed by atoms with E-state index in [4.69, 9.17) is 4.74 Å². The second-order valence-corrected chi connectivity index (χ2v) is 10.1. The molecule has 2 heterocycles. The number of nitrogens with zero attached hydrogens (tertiary/aromatic N) is 2. The average Bonchev–Trinajstić information content (AvgIpc) is 3.37. The van der Waals surface area contributed by atoms with Gasteiger partial charge in [-0.05, 0) is 48.6 Å². The minimum absolute atomic E-state index is 0.173. The number of hydrogen-bond donors (Lipinski definition) is 2. The van der Waals surface area contributed by atoms with Crippen LogP contribution in [0.15, 0.2) is 69.9 Å². The van der Waals surface area contributed by atoms with Crippen LogP contribution in [0.3, 0.4) is 0 Å². The number of hydrogen-bond acceptors (Lipinski definition) is 7. The van der Waals surface area contributed by atoms with Crippen molar-refractivity contribution >= 4 is 45.1 Å². The summed E-state index contributed by atoms with van der Waals surface area (Å²) in [4.78, 5) is 43.8. The van der Waals surface area contributed by atoms with Crippen molar-refractivity contribution < 1.29 is 14.3 Å². The zero-order valence-electron chi connectivity index (χ0n) is 20.1. The van der Waals surface area contributed by atoms with Crippen LogP contribution in [0.4, 0.5) is 0 Å². The number of amides is 2. The molecule has 0 aliphatic heterocycles. The molecular formula is C26H26N4O4S2. The number of benzene rings is 2. The second-order valence-electron chi connectivity index (χ2n) is 8.06. The Hall–Kier alpha value is -3.63. The summed E-state index contributed by atoms with van der Waals surface area (Å²) in [6.07, 6.45) is 0.506. The Morgan fingerprint density at radius 3 is 2.67 bits per heavy atom. The molecule has 0 unspecified atom stereocenters. The smallest absolute Gasteiger partial charge is 0.291 e. The van der Waals surface area contributed by atoms with Gasteiger partial charge in [0.2, 0.25) is 5.91 Å². The molecule has 0 spiro atoms. The number of nitrogens with one attached hydrogen (secondary N) is 2. The van der Waals surface area contributed by atoms with Gasteiger partial charge in [0.1, 0.15) is 10.4 Å². The number of thioether (sulfide) groups is 1. The number of fused-ring (bicyclic) bond motifs is 1. The Morgan fingerprint density at radius 1 is 1.17 bits per heavy atom. The van der Waals surface area contributed by atoms with Gasteiger partial charge in [0, 0.05) is 12.1 Å². The summed E-state index contributed by atoms with van der Waals surface area (Å²) in [5.41, 5.74) is 5.25. The second kappa shape index (κ2) is 11.4. The molecule has 2 amide bonds. The van der Waals surface area contributed by atoms with Gasteiger partial charge in [-0.25, -0.2) is 4.98 Å². The molecule has 0 aliphatic carbocycles. The molecule has 8 nitrogen and oxygen atoms in total. The van der Waals surface area contributed by atoms with E-state index in [0.717, 1.165) is 27.6 Å². The van der Waals surface area contributed by atoms with Crippen LogP contribution in [0.5, 0.6) is 5.75 Å². The van der Waals surface area contributed by atoms with Gasteiger partial charge < -0.3 is 10.1 Å². The molecule has 186 valence electrons. The summed E-state index contributed by atoms with van der Waals surface area (Å²) in [6.45, 7) is 4.30. The number of rotatable bonds is 9. The van der Waals surface area contributed by atoms with E-state index in [2.05, 4.69) is 15.7 Å². The molecule has 4 rings (SSSR count). The first-order valence-electron chi connectivity index (χ1n) is 11.3. The number of aryl methyl sites for hydroxylation is 1. The Labute approximate surface area is 216 Å². The molecule has 0 saturated heterocycles. The van der Waals surface area contributed by atoms with Crippen LogP contribution in [0, 0.1) is 6.92 Å². The molecule has 0 radical (unpaired) electrons. The largest absolute Gasteiger partial charge is 0.497 e. The Morgan fingerprint density at radius 2 is 1.94 bits per heavy atom. The fourth-order valence-corrected chi connectivity index (χ4v) is 5.21. The maximum atomic E-state index is 13.3. The first-order valence-corrected chi connectivity index (χ1v) is 13.1. The first kappa shape index (κ1) is 25.5. The number of thiophene rings is 1. The average molecular weight is 523 g/mol. The number of carbonyl (C=O) groups excluding carboxylic acids is 2. The van der Waals surface area contributed by atoms with E-state index in [1.165, 1.54) is 18.4 Å². The normalized spacial score (nSPS) is 11.8. The third-order valence-corrected chi connectivity index (χ3v) is 7.70. The van der Waals surface area contributed by atoms with Gasteiger partial charge in [-0.2, -0.15) is 4.68 Å². The van der Waals surface area contributed by atoms with E-state index in [9.17, 15) is 14.4 Å². The summed E-state index contributed by atoms with van der Waals surface area (Å²) in [5, 5.41) is 4.45. The molecule has 10 heteroatoms. The van der Waals surface area contributed by atoms with Crippen LogP contribution in [-0.4, -0.2) is 33.8 Å². The van der Waals surface area contributed by atoms with Gasteiger partial charge in [0.15, 0.2) is 5.16 Å². The first-order chi connectivity index (χ1) is 17.4. The summed E-state index contributed by atoms with van der Waals surface area (Å²) < 4.78 is 6.74. The number of methoxy groups -OCH3 is 1. The highest BCUT2D eigenvalue weighted by Gasteiger charge is 2.23. The van der Waals surface area contributed by atoms with Crippen LogP contribution >= 0.6 is 23.1 Å². The lowest BCUT2D eigenvalue weighted by Gasteiger charge is -2.18. The molecule has 0 fully saturated rings. The van der Waals surface area contributed by atoms with E-state index < -0.39 is 16.7 Å². The Balaban J connectivity index is 1.59. The zero-order valence-corrected chi connectivity index (χ0v) is 21.7. The van der Waals surface area contributed by atoms with Crippen LogP contribution in [0.2, 0.25) is 0 Å². The third-order valence-electron chi connectivity index (χ3n) is 5.49. The molecule has 0 aliphatic rings. The van der Waals surface area contributed by atoms with E-state index in [1.54, 1.807) is 35.7 Å². The van der Waals surface area contributed by atoms with Crippen LogP contribution in [-0.2, 0) is 11.3 Å². The number of aromatic nitrogens is 2. The van der Waals surface area contributed by atoms with E-state index in [0.29, 0.717) is 34.5 Å². The highest BCUT2D eigenvalue weighted by atomic mass is 32.2. The lowest BCUT2D eigenvalue weighted by molar-refractivity contribution is -0.120. The fraction of sp³-hybridized carbons (Fsp3) is 0.231. The van der Waals surface area contributed by atoms with E-state index in [1.807, 2.05) is 38.1 Å². The lowest BCUT2D eigenvalue weighted by atomic mass is 10.1. The maximum absolute atomic E-state index is 13.3. The van der Waals surface area contributed by atoms with Crippen molar-refractivity contribution in [2.75, 3.05) is 12.5 Å². The molecule has 2 aromatic heterocycles. The SMILES string of the molecule is CC[C@@H](Sc1nc2ccsc2c(=O)n1NC(=O)c1cccc(OC)c1)C(=O)NCc1ccc(C)cc1. The summed E-state index contributed by atoms with van der Waals surface area (Å²) in [6, 6.07) is 16.3. The van der Waals surface area contributed by atoms with Gasteiger partial charge in [-0.1, -0.05) is 54.6 Å². The minimum atomic E-state index is -0.515. The molecule has 2 aromatic carbocycles. The van der Waals surface area contributed by atoms with Crippen molar-refractivity contribution in [1.82, 2.24) is 15.0 Å². The quantitative estimate of drug-likeness (QED) is 0.250. The molecule has 2 N–H and O–H groups in total. The molecule has 4 aromatic rings. The lowest BCUT2D eigenvalue weighted by Crippen LogP contribution is -2.36. The molecule has 1 atom stereocenters. The summed E-state index contributed by atoms with van der Waals surface area (Å²) in [7, 11) is 1.51. The summed E-state index contributed by atoms with van der Waals surface area (Å²) in [5.74, 6) is -0.145. The van der Waals surface area contributed by atoms with Crippen molar-refractivity contribution in [1.29, 1.82) is 0 Å². The minimum Gasteiger partial charge on any atom is -0.497 e. The Kier molecular flexibility index (Phi) is 8.07. The van der Waals surface area contributed by atoms with Gasteiger partial charge >= 0.3 is 0 Å². The molecular weight excluding hydrogens is 496 g/mol. The number of ether oxygens (including phenoxy) is 1. The van der Waals surface area contributed by atoms with Crippen molar-refractivity contribution in [3.05, 3.63) is 87.0 Å². The predicted molar refractivity (Wildman–Crippen MR) is 144 cm³/mol. The standard InChI is InChI=1S/C26H26N4O4S2/c1-4-21(24(32)27-15-17-10-8-16(2)9-11-17)36-26-28-20-12-13-35-22(20)25(33)30(26)29-23(31)18-6-5-7-19(14-18)34-3/h5-14,21H,4,15H2,1-3H3,(H,27,32)(H,29,31)/t21-/m1/s1. The van der Waals surface area contributed by atoms with Crippen LogP contribution in [0.25, 0.3) is 10.2 Å².